The van der Waals surface area contributed by atoms with Crippen molar-refractivity contribution in [2.24, 2.45) is 5.92 Å². The van der Waals surface area contributed by atoms with Gasteiger partial charge in [-0.05, 0) is 58.2 Å². The number of likely N-dealkylation sites (tertiary alicyclic amines) is 1. The lowest BCUT2D eigenvalue weighted by Gasteiger charge is -2.31. The van der Waals surface area contributed by atoms with Gasteiger partial charge in [-0.15, -0.1) is 0 Å². The van der Waals surface area contributed by atoms with Crippen LogP contribution in [0.15, 0.2) is 0 Å². The average Bonchev–Trinajstić information content (AvgIpc) is 2.64. The van der Waals surface area contributed by atoms with E-state index in [-0.39, 0.29) is 5.92 Å². The summed E-state index contributed by atoms with van der Waals surface area (Å²) >= 11 is 0. The van der Waals surface area contributed by atoms with Crippen LogP contribution in [0.3, 0.4) is 0 Å². The summed E-state index contributed by atoms with van der Waals surface area (Å²) in [5.41, 5.74) is 0. The van der Waals surface area contributed by atoms with E-state index in [0.29, 0.717) is 12.1 Å². The third-order valence-electron chi connectivity index (χ3n) is 4.76. The molecule has 0 radical (unpaired) electrons. The topological polar surface area (TPSA) is 52.6 Å². The minimum absolute atomic E-state index is 0.121. The first kappa shape index (κ1) is 14.8. The van der Waals surface area contributed by atoms with E-state index in [1.54, 1.807) is 0 Å². The zero-order chi connectivity index (χ0) is 13.7. The van der Waals surface area contributed by atoms with Gasteiger partial charge in [0.2, 0.25) is 0 Å². The second kappa shape index (κ2) is 7.25. The molecule has 4 nitrogen and oxygen atoms in total. The van der Waals surface area contributed by atoms with Crippen molar-refractivity contribution >= 4 is 5.97 Å². The van der Waals surface area contributed by atoms with Gasteiger partial charge in [0, 0.05) is 12.1 Å². The second-order valence-corrected chi connectivity index (χ2v) is 6.13. The summed E-state index contributed by atoms with van der Waals surface area (Å²) in [4.78, 5) is 13.6. The molecule has 0 spiro atoms. The standard InChI is InChI=1S/C15H28N2O2/c1-2-17-9-4-7-13(8-10-17)16-14-6-3-5-12(11-14)15(18)19/h12-14,16H,2-11H2,1H3,(H,18,19). The first-order valence-electron chi connectivity index (χ1n) is 7.90. The molecule has 1 saturated heterocycles. The van der Waals surface area contributed by atoms with Crippen molar-refractivity contribution in [1.82, 2.24) is 10.2 Å². The van der Waals surface area contributed by atoms with E-state index in [1.807, 2.05) is 0 Å². The van der Waals surface area contributed by atoms with Crippen LogP contribution in [0.1, 0.15) is 51.9 Å². The van der Waals surface area contributed by atoms with Gasteiger partial charge in [-0.25, -0.2) is 0 Å². The van der Waals surface area contributed by atoms with Crippen molar-refractivity contribution in [3.63, 3.8) is 0 Å². The van der Waals surface area contributed by atoms with Gasteiger partial charge in [0.05, 0.1) is 5.92 Å². The van der Waals surface area contributed by atoms with Crippen LogP contribution in [0, 0.1) is 5.92 Å². The molecule has 0 aromatic carbocycles. The maximum Gasteiger partial charge on any atom is 0.306 e. The SMILES string of the molecule is CCN1CCCC(NC2CCCC(C(=O)O)C2)CC1. The largest absolute Gasteiger partial charge is 0.481 e. The molecule has 2 rings (SSSR count). The highest BCUT2D eigenvalue weighted by atomic mass is 16.4. The molecule has 1 heterocycles. The van der Waals surface area contributed by atoms with E-state index in [1.165, 1.54) is 32.4 Å². The summed E-state index contributed by atoms with van der Waals surface area (Å²) in [6, 6.07) is 1.02. The predicted octanol–water partition coefficient (Wildman–Crippen LogP) is 2.09. The number of rotatable bonds is 4. The van der Waals surface area contributed by atoms with Crippen LogP contribution in [0.4, 0.5) is 0 Å². The van der Waals surface area contributed by atoms with E-state index in [2.05, 4.69) is 17.1 Å². The molecule has 3 unspecified atom stereocenters. The Bertz CT molecular complexity index is 296. The van der Waals surface area contributed by atoms with E-state index in [9.17, 15) is 4.79 Å². The molecule has 4 heteroatoms. The van der Waals surface area contributed by atoms with Crippen LogP contribution in [0.2, 0.25) is 0 Å². The molecule has 3 atom stereocenters. The van der Waals surface area contributed by atoms with Gasteiger partial charge in [-0.1, -0.05) is 13.3 Å². The third kappa shape index (κ3) is 4.46. The molecule has 2 aliphatic rings. The normalized spacial score (nSPS) is 33.8. The average molecular weight is 268 g/mol. The maximum atomic E-state index is 11.1. The molecule has 2 N–H and O–H groups in total. The Labute approximate surface area is 116 Å². The molecular weight excluding hydrogens is 240 g/mol. The Balaban J connectivity index is 1.78. The first-order valence-corrected chi connectivity index (χ1v) is 7.90. The Morgan fingerprint density at radius 1 is 1.16 bits per heavy atom. The van der Waals surface area contributed by atoms with Crippen LogP contribution >= 0.6 is 0 Å². The lowest BCUT2D eigenvalue weighted by Crippen LogP contribution is -2.42. The summed E-state index contributed by atoms with van der Waals surface area (Å²) in [5.74, 6) is -0.728. The summed E-state index contributed by atoms with van der Waals surface area (Å²) in [5, 5.41) is 12.9. The van der Waals surface area contributed by atoms with Gasteiger partial charge in [-0.3, -0.25) is 4.79 Å². The third-order valence-corrected chi connectivity index (χ3v) is 4.76. The summed E-state index contributed by atoms with van der Waals surface area (Å²) in [7, 11) is 0. The number of nitrogens with one attached hydrogen (secondary N) is 1. The van der Waals surface area contributed by atoms with Crippen LogP contribution in [-0.2, 0) is 4.79 Å². The Hall–Kier alpha value is -0.610. The molecule has 19 heavy (non-hydrogen) atoms. The van der Waals surface area contributed by atoms with Gasteiger partial charge in [0.1, 0.15) is 0 Å². The second-order valence-electron chi connectivity index (χ2n) is 6.13. The van der Waals surface area contributed by atoms with Crippen molar-refractivity contribution in [1.29, 1.82) is 0 Å². The Kier molecular flexibility index (Phi) is 5.64. The zero-order valence-electron chi connectivity index (χ0n) is 12.1. The molecule has 0 aromatic heterocycles. The summed E-state index contributed by atoms with van der Waals surface area (Å²) in [6.45, 7) is 5.78. The minimum atomic E-state index is -0.607. The van der Waals surface area contributed by atoms with Crippen LogP contribution < -0.4 is 5.32 Å². The van der Waals surface area contributed by atoms with Crippen molar-refractivity contribution in [2.75, 3.05) is 19.6 Å². The van der Waals surface area contributed by atoms with Gasteiger partial charge in [-0.2, -0.15) is 0 Å². The van der Waals surface area contributed by atoms with Gasteiger partial charge < -0.3 is 15.3 Å². The lowest BCUT2D eigenvalue weighted by atomic mass is 9.85. The first-order chi connectivity index (χ1) is 9.19. The van der Waals surface area contributed by atoms with Crippen LogP contribution in [0.25, 0.3) is 0 Å². The van der Waals surface area contributed by atoms with Crippen molar-refractivity contribution in [2.45, 2.75) is 64.0 Å². The number of hydrogen-bond donors (Lipinski definition) is 2. The fourth-order valence-corrected chi connectivity index (χ4v) is 3.54. The highest BCUT2D eigenvalue weighted by Crippen LogP contribution is 2.25. The monoisotopic (exact) mass is 268 g/mol. The number of carbonyl (C=O) groups is 1. The quantitative estimate of drug-likeness (QED) is 0.820. The van der Waals surface area contributed by atoms with Gasteiger partial charge in [0.25, 0.3) is 0 Å². The van der Waals surface area contributed by atoms with Gasteiger partial charge in [0.15, 0.2) is 0 Å². The number of nitrogens with zero attached hydrogens (tertiary/aromatic N) is 1. The lowest BCUT2D eigenvalue weighted by molar-refractivity contribution is -0.143. The molecule has 2 fully saturated rings. The summed E-state index contributed by atoms with van der Waals surface area (Å²) < 4.78 is 0. The van der Waals surface area contributed by atoms with Crippen molar-refractivity contribution in [3.8, 4) is 0 Å². The number of carboxylic acid groups (broad SMARTS) is 1. The van der Waals surface area contributed by atoms with E-state index < -0.39 is 5.97 Å². The number of carboxylic acids is 1. The van der Waals surface area contributed by atoms with Crippen LogP contribution in [-0.4, -0.2) is 47.7 Å². The molecule has 1 aliphatic carbocycles. The molecule has 0 aromatic rings. The van der Waals surface area contributed by atoms with E-state index in [4.69, 9.17) is 5.11 Å². The van der Waals surface area contributed by atoms with Crippen LogP contribution in [0.5, 0.6) is 0 Å². The van der Waals surface area contributed by atoms with E-state index >= 15 is 0 Å². The smallest absolute Gasteiger partial charge is 0.306 e. The Morgan fingerprint density at radius 3 is 2.68 bits per heavy atom. The van der Waals surface area contributed by atoms with E-state index in [0.717, 1.165) is 32.2 Å². The highest BCUT2D eigenvalue weighted by Gasteiger charge is 2.28. The maximum absolute atomic E-state index is 11.1. The zero-order valence-corrected chi connectivity index (χ0v) is 12.1. The highest BCUT2D eigenvalue weighted by molar-refractivity contribution is 5.70. The molecular formula is C15H28N2O2. The fourth-order valence-electron chi connectivity index (χ4n) is 3.54. The van der Waals surface area contributed by atoms with Crippen molar-refractivity contribution in [3.05, 3.63) is 0 Å². The Morgan fingerprint density at radius 2 is 1.95 bits per heavy atom. The number of hydrogen-bond acceptors (Lipinski definition) is 3. The minimum Gasteiger partial charge on any atom is -0.481 e. The molecule has 0 bridgehead atoms. The van der Waals surface area contributed by atoms with Crippen molar-refractivity contribution < 1.29 is 9.90 Å². The molecule has 1 saturated carbocycles. The molecule has 110 valence electrons. The predicted molar refractivity (Wildman–Crippen MR) is 76.3 cm³/mol. The summed E-state index contributed by atoms with van der Waals surface area (Å²) in [6.07, 6.45) is 7.61. The fraction of sp³-hybridized carbons (Fsp3) is 0.933. The number of aliphatic carboxylic acids is 1. The van der Waals surface area contributed by atoms with Gasteiger partial charge >= 0.3 is 5.97 Å². The molecule has 0 amide bonds. The molecule has 1 aliphatic heterocycles.